The lowest BCUT2D eigenvalue weighted by Crippen LogP contribution is -2.49. The Hall–Kier alpha value is -3.39. The number of urea groups is 1. The van der Waals surface area contributed by atoms with E-state index in [4.69, 9.17) is 9.94 Å². The molecule has 3 amide bonds. The zero-order chi connectivity index (χ0) is 25.4. The molecule has 11 nitrogen and oxygen atoms in total. The molecule has 2 heterocycles. The van der Waals surface area contributed by atoms with Gasteiger partial charge < -0.3 is 14.5 Å². The number of halogens is 1. The van der Waals surface area contributed by atoms with Crippen LogP contribution in [0.2, 0.25) is 0 Å². The maximum atomic E-state index is 13.5. The maximum absolute atomic E-state index is 13.5. The van der Waals surface area contributed by atoms with Crippen molar-refractivity contribution in [3.8, 4) is 11.3 Å². The minimum Gasteiger partial charge on any atom is -0.378 e. The van der Waals surface area contributed by atoms with Gasteiger partial charge in [-0.25, -0.2) is 23.1 Å². The summed E-state index contributed by atoms with van der Waals surface area (Å²) in [5, 5.41) is 8.92. The minimum atomic E-state index is -4.25. The number of nitrogens with one attached hydrogen (secondary N) is 1. The third kappa shape index (κ3) is 6.60. The van der Waals surface area contributed by atoms with Crippen LogP contribution in [-0.4, -0.2) is 90.6 Å². The van der Waals surface area contributed by atoms with Gasteiger partial charge in [0.2, 0.25) is 10.0 Å². The SMILES string of the molecule is C=CN(CCN(CC(=O)NO)S(=O)(=O)c1ccc(-c2cccc(F)c2)nc1)C(=O)N1CCOCC1. The smallest absolute Gasteiger partial charge is 0.324 e. The van der Waals surface area contributed by atoms with Crippen LogP contribution in [0, 0.1) is 5.82 Å². The molecule has 0 bridgehead atoms. The Kier molecular flexibility index (Phi) is 8.87. The third-order valence-corrected chi connectivity index (χ3v) is 7.11. The summed E-state index contributed by atoms with van der Waals surface area (Å²) >= 11 is 0. The van der Waals surface area contributed by atoms with Crippen molar-refractivity contribution in [1.29, 1.82) is 0 Å². The predicted molar refractivity (Wildman–Crippen MR) is 123 cm³/mol. The molecule has 1 fully saturated rings. The number of hydrogen-bond acceptors (Lipinski definition) is 7. The van der Waals surface area contributed by atoms with Crippen LogP contribution in [-0.2, 0) is 19.6 Å². The Morgan fingerprint density at radius 1 is 1.23 bits per heavy atom. The van der Waals surface area contributed by atoms with Crippen LogP contribution in [0.3, 0.4) is 0 Å². The van der Waals surface area contributed by atoms with Gasteiger partial charge >= 0.3 is 6.03 Å². The molecule has 0 atom stereocenters. The van der Waals surface area contributed by atoms with Gasteiger partial charge in [0.1, 0.15) is 10.7 Å². The molecule has 0 spiro atoms. The lowest BCUT2D eigenvalue weighted by atomic mass is 10.1. The fourth-order valence-electron chi connectivity index (χ4n) is 3.40. The number of ether oxygens (including phenoxy) is 1. The highest BCUT2D eigenvalue weighted by Crippen LogP contribution is 2.21. The van der Waals surface area contributed by atoms with Crippen LogP contribution in [0.5, 0.6) is 0 Å². The highest BCUT2D eigenvalue weighted by molar-refractivity contribution is 7.89. The number of rotatable bonds is 9. The molecule has 1 aromatic carbocycles. The monoisotopic (exact) mass is 507 g/mol. The molecule has 0 aliphatic carbocycles. The first-order valence-electron chi connectivity index (χ1n) is 10.7. The Morgan fingerprint density at radius 2 is 1.97 bits per heavy atom. The predicted octanol–water partition coefficient (Wildman–Crippen LogP) is 1.28. The number of hydroxylamine groups is 1. The minimum absolute atomic E-state index is 0.0908. The molecule has 1 aromatic heterocycles. The van der Waals surface area contributed by atoms with Crippen molar-refractivity contribution >= 4 is 22.0 Å². The number of carbonyl (C=O) groups is 2. The van der Waals surface area contributed by atoms with Gasteiger partial charge in [-0.1, -0.05) is 18.7 Å². The molecule has 3 rings (SSSR count). The second-order valence-corrected chi connectivity index (χ2v) is 9.46. The largest absolute Gasteiger partial charge is 0.378 e. The number of pyridine rings is 1. The van der Waals surface area contributed by atoms with E-state index in [1.54, 1.807) is 11.0 Å². The summed E-state index contributed by atoms with van der Waals surface area (Å²) in [7, 11) is -4.25. The second kappa shape index (κ2) is 11.8. The number of carbonyl (C=O) groups excluding carboxylic acids is 2. The van der Waals surface area contributed by atoms with E-state index < -0.39 is 28.3 Å². The van der Waals surface area contributed by atoms with Gasteiger partial charge in [0.05, 0.1) is 25.5 Å². The number of amides is 3. The van der Waals surface area contributed by atoms with Crippen molar-refractivity contribution in [2.75, 3.05) is 45.9 Å². The van der Waals surface area contributed by atoms with E-state index in [0.717, 1.165) is 10.5 Å². The second-order valence-electron chi connectivity index (χ2n) is 7.52. The maximum Gasteiger partial charge on any atom is 0.324 e. The van der Waals surface area contributed by atoms with Crippen LogP contribution in [0.4, 0.5) is 9.18 Å². The Morgan fingerprint density at radius 3 is 2.57 bits per heavy atom. The van der Waals surface area contributed by atoms with E-state index in [2.05, 4.69) is 11.6 Å². The lowest BCUT2D eigenvalue weighted by Gasteiger charge is -2.32. The molecular weight excluding hydrogens is 481 g/mol. The van der Waals surface area contributed by atoms with Crippen molar-refractivity contribution in [3.63, 3.8) is 0 Å². The molecule has 188 valence electrons. The summed E-state index contributed by atoms with van der Waals surface area (Å²) in [5.74, 6) is -1.41. The highest BCUT2D eigenvalue weighted by atomic mass is 32.2. The number of sulfonamides is 1. The molecule has 13 heteroatoms. The Bertz CT molecular complexity index is 1160. The van der Waals surface area contributed by atoms with E-state index in [1.165, 1.54) is 46.9 Å². The van der Waals surface area contributed by atoms with Crippen LogP contribution in [0.15, 0.2) is 60.3 Å². The summed E-state index contributed by atoms with van der Waals surface area (Å²) in [6.45, 7) is 4.15. The molecule has 35 heavy (non-hydrogen) atoms. The Balaban J connectivity index is 1.79. The lowest BCUT2D eigenvalue weighted by molar-refractivity contribution is -0.129. The summed E-state index contributed by atoms with van der Waals surface area (Å²) in [5.41, 5.74) is 2.24. The zero-order valence-electron chi connectivity index (χ0n) is 18.8. The van der Waals surface area contributed by atoms with Crippen LogP contribution in [0.1, 0.15) is 0 Å². The van der Waals surface area contributed by atoms with Crippen molar-refractivity contribution in [2.45, 2.75) is 4.90 Å². The Labute approximate surface area is 202 Å². The number of benzene rings is 1. The molecule has 0 unspecified atom stereocenters. The molecular formula is C22H26FN5O6S. The average molecular weight is 508 g/mol. The van der Waals surface area contributed by atoms with E-state index in [9.17, 15) is 22.4 Å². The highest BCUT2D eigenvalue weighted by Gasteiger charge is 2.29. The van der Waals surface area contributed by atoms with Crippen LogP contribution in [0.25, 0.3) is 11.3 Å². The molecule has 2 aromatic rings. The molecule has 0 saturated carbocycles. The van der Waals surface area contributed by atoms with Gasteiger partial charge in [0.15, 0.2) is 0 Å². The molecule has 1 aliphatic heterocycles. The normalized spacial score (nSPS) is 14.0. The summed E-state index contributed by atoms with van der Waals surface area (Å²) in [6, 6.07) is 8.03. The van der Waals surface area contributed by atoms with Gasteiger partial charge in [-0.05, 0) is 24.3 Å². The van der Waals surface area contributed by atoms with Crippen LogP contribution >= 0.6 is 0 Å². The average Bonchev–Trinajstić information content (AvgIpc) is 2.88. The van der Waals surface area contributed by atoms with E-state index in [0.29, 0.717) is 37.6 Å². The summed E-state index contributed by atoms with van der Waals surface area (Å²) < 4.78 is 46.1. The van der Waals surface area contributed by atoms with Gasteiger partial charge in [-0.15, -0.1) is 0 Å². The standard InChI is InChI=1S/C22H26FN5O6S/c1-2-26(22(30)27-10-12-34-13-11-27)8-9-28(16-21(29)25-31)35(32,33)19-6-7-20(24-15-19)17-4-3-5-18(23)14-17/h2-7,14-15,31H,1,8-13,16H2,(H,25,29). The molecule has 1 saturated heterocycles. The van der Waals surface area contributed by atoms with Crippen molar-refractivity contribution in [2.24, 2.45) is 0 Å². The number of morpholine rings is 1. The van der Waals surface area contributed by atoms with Gasteiger partial charge in [0.25, 0.3) is 5.91 Å². The first kappa shape index (κ1) is 26.2. The van der Waals surface area contributed by atoms with Gasteiger partial charge in [-0.2, -0.15) is 4.31 Å². The van der Waals surface area contributed by atoms with Crippen LogP contribution < -0.4 is 5.48 Å². The van der Waals surface area contributed by atoms with E-state index in [-0.39, 0.29) is 24.0 Å². The first-order valence-corrected chi connectivity index (χ1v) is 12.1. The fourth-order valence-corrected chi connectivity index (χ4v) is 4.73. The fraction of sp³-hybridized carbons (Fsp3) is 0.318. The number of hydrogen-bond donors (Lipinski definition) is 2. The molecule has 2 N–H and O–H groups in total. The quantitative estimate of drug-likeness (QED) is 0.386. The first-order chi connectivity index (χ1) is 16.8. The molecule has 0 radical (unpaired) electrons. The zero-order valence-corrected chi connectivity index (χ0v) is 19.7. The van der Waals surface area contributed by atoms with E-state index in [1.807, 2.05) is 0 Å². The number of aromatic nitrogens is 1. The van der Waals surface area contributed by atoms with Gasteiger partial charge in [-0.3, -0.25) is 15.0 Å². The van der Waals surface area contributed by atoms with Crippen molar-refractivity contribution in [1.82, 2.24) is 24.6 Å². The molecule has 1 aliphatic rings. The summed E-state index contributed by atoms with van der Waals surface area (Å²) in [6.07, 6.45) is 2.38. The van der Waals surface area contributed by atoms with Crippen molar-refractivity contribution < 1.29 is 32.3 Å². The summed E-state index contributed by atoms with van der Waals surface area (Å²) in [4.78, 5) is 31.3. The third-order valence-electron chi connectivity index (χ3n) is 5.28. The van der Waals surface area contributed by atoms with Gasteiger partial charge in [0, 0.05) is 44.1 Å². The van der Waals surface area contributed by atoms with Crippen molar-refractivity contribution in [3.05, 3.63) is 61.2 Å². The number of nitrogens with zero attached hydrogens (tertiary/aromatic N) is 4. The van der Waals surface area contributed by atoms with E-state index >= 15 is 0 Å². The topological polar surface area (TPSA) is 132 Å².